The number of esters is 1. The minimum absolute atomic E-state index is 0.0464. The summed E-state index contributed by atoms with van der Waals surface area (Å²) in [6, 6.07) is 0. The first-order valence-corrected chi connectivity index (χ1v) is 5.42. The Morgan fingerprint density at radius 1 is 1.53 bits per heavy atom. The van der Waals surface area contributed by atoms with Crippen molar-refractivity contribution < 1.29 is 22.7 Å². The highest BCUT2D eigenvalue weighted by atomic mass is 19.4. The first-order valence-electron chi connectivity index (χ1n) is 5.42. The van der Waals surface area contributed by atoms with E-state index in [1.165, 1.54) is 11.1 Å². The molecule has 0 unspecified atom stereocenters. The molecule has 0 N–H and O–H groups in total. The van der Waals surface area contributed by atoms with Gasteiger partial charge in [0, 0.05) is 26.5 Å². The maximum Gasteiger partial charge on any atom is 0.434 e. The van der Waals surface area contributed by atoms with Crippen LogP contribution < -0.4 is 0 Å². The number of carbonyl (C=O) groups is 1. The monoisotopic (exact) mass is 277 g/mol. The van der Waals surface area contributed by atoms with Gasteiger partial charge in [0.15, 0.2) is 5.69 Å². The zero-order chi connectivity index (χ0) is 14.6. The highest BCUT2D eigenvalue weighted by molar-refractivity contribution is 6.09. The van der Waals surface area contributed by atoms with E-state index in [1.807, 2.05) is 0 Å². The van der Waals surface area contributed by atoms with Crippen LogP contribution >= 0.6 is 0 Å². The summed E-state index contributed by atoms with van der Waals surface area (Å²) in [6.07, 6.45) is -1.52. The SMILES string of the molecule is CCOC(=O)/C(=C\N(C)C)n1cnc(C(F)(F)F)c1. The van der Waals surface area contributed by atoms with E-state index >= 15 is 0 Å². The molecule has 0 aliphatic rings. The molecule has 0 radical (unpaired) electrons. The fourth-order valence-corrected chi connectivity index (χ4v) is 1.28. The average Bonchev–Trinajstić information content (AvgIpc) is 2.74. The van der Waals surface area contributed by atoms with E-state index in [9.17, 15) is 18.0 Å². The minimum Gasteiger partial charge on any atom is -0.461 e. The number of halogens is 3. The Kier molecular flexibility index (Phi) is 4.57. The van der Waals surface area contributed by atoms with Crippen molar-refractivity contribution in [2.45, 2.75) is 13.1 Å². The zero-order valence-corrected chi connectivity index (χ0v) is 10.7. The summed E-state index contributed by atoms with van der Waals surface area (Å²) in [5.41, 5.74) is -1.11. The maximum atomic E-state index is 12.5. The number of hydrogen-bond acceptors (Lipinski definition) is 4. The molecule has 106 valence electrons. The topological polar surface area (TPSA) is 47.4 Å². The predicted molar refractivity (Wildman–Crippen MR) is 61.8 cm³/mol. The molecule has 8 heteroatoms. The smallest absolute Gasteiger partial charge is 0.434 e. The first-order chi connectivity index (χ1) is 8.75. The summed E-state index contributed by atoms with van der Waals surface area (Å²) in [5.74, 6) is -0.720. The second-order valence-electron chi connectivity index (χ2n) is 3.86. The summed E-state index contributed by atoms with van der Waals surface area (Å²) in [5, 5.41) is 0. The van der Waals surface area contributed by atoms with Crippen molar-refractivity contribution in [3.8, 4) is 0 Å². The normalized spacial score (nSPS) is 12.4. The lowest BCUT2D eigenvalue weighted by molar-refractivity contribution is -0.141. The van der Waals surface area contributed by atoms with E-state index in [1.54, 1.807) is 21.0 Å². The van der Waals surface area contributed by atoms with Crippen LogP contribution in [0.4, 0.5) is 13.2 Å². The molecule has 0 saturated carbocycles. The van der Waals surface area contributed by atoms with Crippen molar-refractivity contribution in [1.82, 2.24) is 14.5 Å². The van der Waals surface area contributed by atoms with E-state index in [-0.39, 0.29) is 12.3 Å². The van der Waals surface area contributed by atoms with Gasteiger partial charge in [0.2, 0.25) is 0 Å². The van der Waals surface area contributed by atoms with Gasteiger partial charge in [0.05, 0.1) is 6.61 Å². The van der Waals surface area contributed by atoms with Gasteiger partial charge < -0.3 is 9.64 Å². The van der Waals surface area contributed by atoms with Crippen LogP contribution in [-0.2, 0) is 15.7 Å². The number of aromatic nitrogens is 2. The molecule has 0 aliphatic carbocycles. The van der Waals surface area contributed by atoms with Crippen molar-refractivity contribution in [2.75, 3.05) is 20.7 Å². The van der Waals surface area contributed by atoms with Crippen LogP contribution in [0, 0.1) is 0 Å². The fraction of sp³-hybridized carbons (Fsp3) is 0.455. The van der Waals surface area contributed by atoms with Crippen LogP contribution in [0.2, 0.25) is 0 Å². The molecule has 1 heterocycles. The lowest BCUT2D eigenvalue weighted by atomic mass is 10.4. The molecule has 0 aliphatic heterocycles. The summed E-state index contributed by atoms with van der Waals surface area (Å²) in [4.78, 5) is 16.4. The molecule has 0 amide bonds. The number of rotatable bonds is 4. The fourth-order valence-electron chi connectivity index (χ4n) is 1.28. The van der Waals surface area contributed by atoms with Gasteiger partial charge in [-0.1, -0.05) is 0 Å². The van der Waals surface area contributed by atoms with Gasteiger partial charge in [-0.05, 0) is 6.92 Å². The predicted octanol–water partition coefficient (Wildman–Crippen LogP) is 1.82. The molecule has 0 spiro atoms. The summed E-state index contributed by atoms with van der Waals surface area (Å²) in [7, 11) is 3.28. The van der Waals surface area contributed by atoms with Gasteiger partial charge in [0.25, 0.3) is 0 Å². The molecular formula is C11H14F3N3O2. The Morgan fingerprint density at radius 2 is 2.16 bits per heavy atom. The van der Waals surface area contributed by atoms with E-state index in [2.05, 4.69) is 4.98 Å². The van der Waals surface area contributed by atoms with Gasteiger partial charge >= 0.3 is 12.1 Å². The zero-order valence-electron chi connectivity index (χ0n) is 10.7. The molecule has 1 rings (SSSR count). The van der Waals surface area contributed by atoms with Gasteiger partial charge in [-0.3, -0.25) is 4.57 Å². The number of carbonyl (C=O) groups excluding carboxylic acids is 1. The standard InChI is InChI=1S/C11H14F3N3O2/c1-4-19-10(18)8(5-16(2)3)17-6-9(15-7-17)11(12,13)14/h5-7H,4H2,1-3H3/b8-5+. The lowest BCUT2D eigenvalue weighted by Gasteiger charge is -2.11. The first kappa shape index (κ1) is 15.1. The van der Waals surface area contributed by atoms with Crippen molar-refractivity contribution in [3.63, 3.8) is 0 Å². The molecule has 0 aromatic carbocycles. The van der Waals surface area contributed by atoms with Crippen LogP contribution in [-0.4, -0.2) is 41.1 Å². The summed E-state index contributed by atoms with van der Waals surface area (Å²) >= 11 is 0. The second-order valence-corrected chi connectivity index (χ2v) is 3.86. The Balaban J connectivity index is 3.12. The Labute approximate surface area is 108 Å². The van der Waals surface area contributed by atoms with Gasteiger partial charge in [-0.15, -0.1) is 0 Å². The third-order valence-electron chi connectivity index (χ3n) is 2.02. The van der Waals surface area contributed by atoms with Gasteiger partial charge in [0.1, 0.15) is 12.0 Å². The third kappa shape index (κ3) is 4.01. The van der Waals surface area contributed by atoms with Crippen molar-refractivity contribution in [3.05, 3.63) is 24.4 Å². The van der Waals surface area contributed by atoms with Crippen LogP contribution in [0.3, 0.4) is 0 Å². The molecule has 19 heavy (non-hydrogen) atoms. The number of ether oxygens (including phenoxy) is 1. The molecule has 5 nitrogen and oxygen atoms in total. The highest BCUT2D eigenvalue weighted by Gasteiger charge is 2.34. The van der Waals surface area contributed by atoms with Crippen molar-refractivity contribution in [1.29, 1.82) is 0 Å². The van der Waals surface area contributed by atoms with Crippen LogP contribution in [0.15, 0.2) is 18.7 Å². The quantitative estimate of drug-likeness (QED) is 0.622. The van der Waals surface area contributed by atoms with Crippen LogP contribution in [0.25, 0.3) is 5.70 Å². The highest BCUT2D eigenvalue weighted by Crippen LogP contribution is 2.28. The molecule has 0 fully saturated rings. The van der Waals surface area contributed by atoms with E-state index in [0.717, 1.165) is 17.1 Å². The van der Waals surface area contributed by atoms with E-state index in [0.29, 0.717) is 0 Å². The molecule has 0 saturated heterocycles. The Morgan fingerprint density at radius 3 is 2.58 bits per heavy atom. The number of hydrogen-bond donors (Lipinski definition) is 0. The van der Waals surface area contributed by atoms with Gasteiger partial charge in [-0.2, -0.15) is 13.2 Å². The molecule has 0 bridgehead atoms. The largest absolute Gasteiger partial charge is 0.461 e. The molecule has 1 aromatic rings. The summed E-state index contributed by atoms with van der Waals surface area (Å²) in [6.45, 7) is 1.74. The molecule has 1 aromatic heterocycles. The van der Waals surface area contributed by atoms with Crippen molar-refractivity contribution in [2.24, 2.45) is 0 Å². The number of nitrogens with zero attached hydrogens (tertiary/aromatic N) is 3. The van der Waals surface area contributed by atoms with E-state index in [4.69, 9.17) is 4.74 Å². The lowest BCUT2D eigenvalue weighted by Crippen LogP contribution is -2.15. The van der Waals surface area contributed by atoms with Gasteiger partial charge in [-0.25, -0.2) is 9.78 Å². The van der Waals surface area contributed by atoms with Crippen LogP contribution in [0.1, 0.15) is 12.6 Å². The number of imidazole rings is 1. The van der Waals surface area contributed by atoms with Crippen LogP contribution in [0.5, 0.6) is 0 Å². The minimum atomic E-state index is -4.55. The molecular weight excluding hydrogens is 263 g/mol. The molecule has 0 atom stereocenters. The summed E-state index contributed by atoms with van der Waals surface area (Å²) < 4.78 is 43.1. The van der Waals surface area contributed by atoms with Crippen molar-refractivity contribution >= 4 is 11.7 Å². The average molecular weight is 277 g/mol. The number of alkyl halides is 3. The second kappa shape index (κ2) is 5.77. The Hall–Kier alpha value is -1.99. The van der Waals surface area contributed by atoms with E-state index < -0.39 is 17.8 Å². The maximum absolute atomic E-state index is 12.5. The third-order valence-corrected chi connectivity index (χ3v) is 2.02. The Bertz CT molecular complexity index is 478.